The minimum atomic E-state index is 0.137. The third kappa shape index (κ3) is 3.12. The van der Waals surface area contributed by atoms with Gasteiger partial charge in [-0.2, -0.15) is 0 Å². The van der Waals surface area contributed by atoms with Crippen molar-refractivity contribution in [1.82, 2.24) is 10.6 Å². The number of rotatable bonds is 5. The Morgan fingerprint density at radius 3 is 2.70 bits per heavy atom. The van der Waals surface area contributed by atoms with Gasteiger partial charge in [0, 0.05) is 25.2 Å². The molecule has 1 aliphatic carbocycles. The summed E-state index contributed by atoms with van der Waals surface area (Å²) in [6.07, 6.45) is 5.17. The van der Waals surface area contributed by atoms with Crippen LogP contribution >= 0.6 is 0 Å². The van der Waals surface area contributed by atoms with Crippen LogP contribution in [0.15, 0.2) is 24.3 Å². The Morgan fingerprint density at radius 2 is 2.00 bits per heavy atom. The molecule has 1 heterocycles. The number of benzene rings is 1. The van der Waals surface area contributed by atoms with Crippen molar-refractivity contribution in [3.63, 3.8) is 0 Å². The fraction of sp³-hybridized carbons (Fsp3) is 0.562. The Hall–Kier alpha value is -1.55. The van der Waals surface area contributed by atoms with Gasteiger partial charge < -0.3 is 15.4 Å². The van der Waals surface area contributed by atoms with E-state index in [1.54, 1.807) is 0 Å². The predicted octanol–water partition coefficient (Wildman–Crippen LogP) is 1.84. The largest absolute Gasteiger partial charge is 0.490 e. The molecule has 0 bridgehead atoms. The average molecular weight is 274 g/mol. The molecular formula is C16H22N2O2. The lowest BCUT2D eigenvalue weighted by atomic mass is 10.0. The van der Waals surface area contributed by atoms with Crippen molar-refractivity contribution in [1.29, 1.82) is 0 Å². The minimum Gasteiger partial charge on any atom is -0.490 e. The summed E-state index contributed by atoms with van der Waals surface area (Å²) in [7, 11) is 0. The molecule has 0 spiro atoms. The highest BCUT2D eigenvalue weighted by Gasteiger charge is 2.24. The topological polar surface area (TPSA) is 50.4 Å². The zero-order chi connectivity index (χ0) is 13.8. The van der Waals surface area contributed by atoms with Gasteiger partial charge in [0.15, 0.2) is 0 Å². The molecule has 4 heteroatoms. The summed E-state index contributed by atoms with van der Waals surface area (Å²) in [4.78, 5) is 11.9. The maximum absolute atomic E-state index is 11.9. The molecule has 1 amide bonds. The van der Waals surface area contributed by atoms with E-state index in [4.69, 9.17) is 4.74 Å². The quantitative estimate of drug-likeness (QED) is 0.861. The van der Waals surface area contributed by atoms with Crippen molar-refractivity contribution < 1.29 is 9.53 Å². The molecular weight excluding hydrogens is 252 g/mol. The standard InChI is InChI=1S/C16H22N2O2/c19-16(13-9-17-10-13)18-11-12-5-1-4-8-15(12)20-14-6-2-3-7-14/h1,4-5,8,13-14,17H,2-3,6-7,9-11H2,(H,18,19). The Labute approximate surface area is 119 Å². The van der Waals surface area contributed by atoms with Gasteiger partial charge >= 0.3 is 0 Å². The molecule has 2 N–H and O–H groups in total. The fourth-order valence-corrected chi connectivity index (χ4v) is 2.75. The van der Waals surface area contributed by atoms with Crippen LogP contribution in [0.3, 0.4) is 0 Å². The third-order valence-corrected chi connectivity index (χ3v) is 4.17. The van der Waals surface area contributed by atoms with Gasteiger partial charge in [-0.1, -0.05) is 18.2 Å². The molecule has 108 valence electrons. The van der Waals surface area contributed by atoms with E-state index >= 15 is 0 Å². The monoisotopic (exact) mass is 274 g/mol. The summed E-state index contributed by atoms with van der Waals surface area (Å²) in [6, 6.07) is 8.02. The lowest BCUT2D eigenvalue weighted by Gasteiger charge is -2.26. The zero-order valence-electron chi connectivity index (χ0n) is 11.7. The molecule has 2 fully saturated rings. The first-order valence-electron chi connectivity index (χ1n) is 7.56. The number of para-hydroxylation sites is 1. The number of ether oxygens (including phenoxy) is 1. The van der Waals surface area contributed by atoms with Gasteiger partial charge in [-0.25, -0.2) is 0 Å². The highest BCUT2D eigenvalue weighted by molar-refractivity contribution is 5.80. The van der Waals surface area contributed by atoms with Gasteiger partial charge in [0.25, 0.3) is 0 Å². The van der Waals surface area contributed by atoms with E-state index in [0.717, 1.165) is 37.2 Å². The van der Waals surface area contributed by atoms with Crippen molar-refractivity contribution in [2.75, 3.05) is 13.1 Å². The van der Waals surface area contributed by atoms with Crippen LogP contribution < -0.4 is 15.4 Å². The van der Waals surface area contributed by atoms with Gasteiger partial charge in [-0.3, -0.25) is 4.79 Å². The molecule has 1 aliphatic heterocycles. The van der Waals surface area contributed by atoms with Crippen LogP contribution in [0.2, 0.25) is 0 Å². The first-order chi connectivity index (χ1) is 9.83. The summed E-state index contributed by atoms with van der Waals surface area (Å²) >= 11 is 0. The maximum Gasteiger partial charge on any atom is 0.225 e. The Balaban J connectivity index is 1.58. The normalized spacial score (nSPS) is 19.6. The van der Waals surface area contributed by atoms with E-state index in [2.05, 4.69) is 10.6 Å². The molecule has 0 radical (unpaired) electrons. The van der Waals surface area contributed by atoms with E-state index < -0.39 is 0 Å². The molecule has 0 unspecified atom stereocenters. The van der Waals surface area contributed by atoms with Crippen LogP contribution in [0.4, 0.5) is 0 Å². The van der Waals surface area contributed by atoms with Crippen LogP contribution in [-0.2, 0) is 11.3 Å². The van der Waals surface area contributed by atoms with Crippen molar-refractivity contribution in [2.45, 2.75) is 38.3 Å². The van der Waals surface area contributed by atoms with Crippen LogP contribution in [0.25, 0.3) is 0 Å². The van der Waals surface area contributed by atoms with E-state index in [9.17, 15) is 4.79 Å². The van der Waals surface area contributed by atoms with E-state index in [0.29, 0.717) is 12.6 Å². The molecule has 2 aliphatic rings. The average Bonchev–Trinajstić information content (AvgIpc) is 2.88. The number of hydrogen-bond donors (Lipinski definition) is 2. The predicted molar refractivity (Wildman–Crippen MR) is 77.5 cm³/mol. The Bertz CT molecular complexity index is 465. The van der Waals surface area contributed by atoms with E-state index in [-0.39, 0.29) is 11.8 Å². The SMILES string of the molecule is O=C(NCc1ccccc1OC1CCCC1)C1CNC1. The Kier molecular flexibility index (Phi) is 4.21. The van der Waals surface area contributed by atoms with Crippen molar-refractivity contribution >= 4 is 5.91 Å². The molecule has 1 saturated heterocycles. The highest BCUT2D eigenvalue weighted by atomic mass is 16.5. The van der Waals surface area contributed by atoms with Crippen molar-refractivity contribution in [2.24, 2.45) is 5.92 Å². The molecule has 20 heavy (non-hydrogen) atoms. The summed E-state index contributed by atoms with van der Waals surface area (Å²) in [5, 5.41) is 6.12. The van der Waals surface area contributed by atoms with E-state index in [1.165, 1.54) is 12.8 Å². The highest BCUT2D eigenvalue weighted by Crippen LogP contribution is 2.26. The minimum absolute atomic E-state index is 0.137. The molecule has 0 atom stereocenters. The van der Waals surface area contributed by atoms with Crippen LogP contribution in [0.1, 0.15) is 31.2 Å². The summed E-state index contributed by atoms with van der Waals surface area (Å²) < 4.78 is 6.08. The first kappa shape index (κ1) is 13.4. The second-order valence-electron chi connectivity index (χ2n) is 5.71. The van der Waals surface area contributed by atoms with Gasteiger partial charge in [0.05, 0.1) is 12.0 Å². The van der Waals surface area contributed by atoms with Gasteiger partial charge in [0.2, 0.25) is 5.91 Å². The second kappa shape index (κ2) is 6.27. The van der Waals surface area contributed by atoms with Crippen LogP contribution in [-0.4, -0.2) is 25.1 Å². The number of nitrogens with one attached hydrogen (secondary N) is 2. The number of amides is 1. The fourth-order valence-electron chi connectivity index (χ4n) is 2.75. The summed E-state index contributed by atoms with van der Waals surface area (Å²) in [5.41, 5.74) is 1.07. The molecule has 4 nitrogen and oxygen atoms in total. The van der Waals surface area contributed by atoms with Crippen molar-refractivity contribution in [3.05, 3.63) is 29.8 Å². The Morgan fingerprint density at radius 1 is 1.25 bits per heavy atom. The summed E-state index contributed by atoms with van der Waals surface area (Å²) in [5.74, 6) is 1.20. The second-order valence-corrected chi connectivity index (χ2v) is 5.71. The van der Waals surface area contributed by atoms with Gasteiger partial charge in [0.1, 0.15) is 5.75 Å². The van der Waals surface area contributed by atoms with Gasteiger partial charge in [-0.05, 0) is 31.7 Å². The summed E-state index contributed by atoms with van der Waals surface area (Å²) in [6.45, 7) is 2.15. The van der Waals surface area contributed by atoms with Crippen molar-refractivity contribution in [3.8, 4) is 5.75 Å². The molecule has 1 aromatic rings. The van der Waals surface area contributed by atoms with E-state index in [1.807, 2.05) is 24.3 Å². The number of carbonyl (C=O) groups is 1. The lowest BCUT2D eigenvalue weighted by Crippen LogP contribution is -2.50. The van der Waals surface area contributed by atoms with Gasteiger partial charge in [-0.15, -0.1) is 0 Å². The maximum atomic E-state index is 11.9. The third-order valence-electron chi connectivity index (χ3n) is 4.17. The number of carbonyl (C=O) groups excluding carboxylic acids is 1. The molecule has 1 aromatic carbocycles. The van der Waals surface area contributed by atoms with Crippen LogP contribution in [0.5, 0.6) is 5.75 Å². The molecule has 0 aromatic heterocycles. The molecule has 3 rings (SSSR count). The first-order valence-corrected chi connectivity index (χ1v) is 7.56. The zero-order valence-corrected chi connectivity index (χ0v) is 11.7. The number of hydrogen-bond acceptors (Lipinski definition) is 3. The molecule has 1 saturated carbocycles. The smallest absolute Gasteiger partial charge is 0.225 e. The van der Waals surface area contributed by atoms with Crippen LogP contribution in [0, 0.1) is 5.92 Å². The lowest BCUT2D eigenvalue weighted by molar-refractivity contribution is -0.126.